The van der Waals surface area contributed by atoms with Crippen LogP contribution < -0.4 is 0 Å². The average Bonchev–Trinajstić information content (AvgIpc) is 1.89. The molecule has 3 nitrogen and oxygen atoms in total. The minimum atomic E-state index is -4.81. The second-order valence-corrected chi connectivity index (χ2v) is 1.28. The minimum Gasteiger partial charge on any atom is -0.478 e. The van der Waals surface area contributed by atoms with Gasteiger partial charge in [0.2, 0.25) is 0 Å². The fourth-order valence-electron chi connectivity index (χ4n) is 0.121. The van der Waals surface area contributed by atoms with Gasteiger partial charge in [0.15, 0.2) is 0 Å². The van der Waals surface area contributed by atoms with Gasteiger partial charge in [-0.2, -0.15) is 13.2 Å². The molecule has 0 bridgehead atoms. The van der Waals surface area contributed by atoms with Crippen molar-refractivity contribution in [2.75, 3.05) is 0 Å². The van der Waals surface area contributed by atoms with E-state index in [-0.39, 0.29) is 0 Å². The number of alkyl halides is 3. The van der Waals surface area contributed by atoms with E-state index < -0.39 is 17.7 Å². The Morgan fingerprint density at radius 2 is 1.55 bits per heavy atom. The average molecular weight is 170 g/mol. The van der Waals surface area contributed by atoms with Crippen LogP contribution in [0.4, 0.5) is 13.2 Å². The Kier molecular flexibility index (Phi) is 5.03. The Hall–Kier alpha value is -1.33. The molecule has 0 aliphatic carbocycles. The molecule has 0 aliphatic rings. The number of hydrogen-bond acceptors (Lipinski definition) is 2. The van der Waals surface area contributed by atoms with Crippen molar-refractivity contribution in [3.63, 3.8) is 0 Å². The zero-order chi connectivity index (χ0) is 9.65. The van der Waals surface area contributed by atoms with E-state index in [1.165, 1.54) is 0 Å². The topological polar surface area (TPSA) is 54.4 Å². The summed E-state index contributed by atoms with van der Waals surface area (Å²) >= 11 is 0. The number of carbonyl (C=O) groups is 2. The number of hydrogen-bond donors (Lipinski definition) is 1. The number of aliphatic carboxylic acids is 1. The molecule has 0 radical (unpaired) electrons. The maximum atomic E-state index is 11.2. The molecule has 1 N–H and O–H groups in total. The highest BCUT2D eigenvalue weighted by Crippen LogP contribution is 2.23. The summed E-state index contributed by atoms with van der Waals surface area (Å²) in [4.78, 5) is 17.5. The second-order valence-electron chi connectivity index (χ2n) is 1.28. The van der Waals surface area contributed by atoms with Crippen molar-refractivity contribution in [2.45, 2.75) is 6.18 Å². The number of carbonyl (C=O) groups excluding carboxylic acids is 1. The summed E-state index contributed by atoms with van der Waals surface area (Å²) in [5, 5.41) is 7.70. The van der Waals surface area contributed by atoms with E-state index in [4.69, 9.17) is 9.90 Å². The molecule has 0 rings (SSSR count). The first-order chi connectivity index (χ1) is 4.85. The third-order valence-electron chi connectivity index (χ3n) is 0.600. The molecule has 0 saturated heterocycles. The third-order valence-corrected chi connectivity index (χ3v) is 0.600. The maximum absolute atomic E-state index is 11.2. The van der Waals surface area contributed by atoms with Gasteiger partial charge in [-0.15, -0.1) is 0 Å². The zero-order valence-electron chi connectivity index (χ0n) is 5.31. The Morgan fingerprint density at radius 3 is 1.55 bits per heavy atom. The smallest absolute Gasteiger partial charge is 0.422 e. The second kappa shape index (κ2) is 4.48. The van der Waals surface area contributed by atoms with Gasteiger partial charge in [-0.25, -0.2) is 4.79 Å². The fraction of sp³-hybridized carbons (Fsp3) is 0.200. The first kappa shape index (κ1) is 12.4. The molecule has 0 fully saturated rings. The van der Waals surface area contributed by atoms with Crippen LogP contribution in [0.1, 0.15) is 0 Å². The van der Waals surface area contributed by atoms with Crippen LogP contribution >= 0.6 is 0 Å². The Bertz CT molecular complexity index is 161. The normalized spacial score (nSPS) is 9.36. The molecule has 0 aliphatic heterocycles. The summed E-state index contributed by atoms with van der Waals surface area (Å²) in [6, 6.07) is 0. The molecule has 64 valence electrons. The van der Waals surface area contributed by atoms with Crippen LogP contribution in [-0.4, -0.2) is 24.0 Å². The molecule has 6 heteroatoms. The van der Waals surface area contributed by atoms with E-state index in [0.29, 0.717) is 0 Å². The van der Waals surface area contributed by atoms with Gasteiger partial charge in [0.05, 0.1) is 0 Å². The molecule has 0 heterocycles. The van der Waals surface area contributed by atoms with E-state index in [1.807, 2.05) is 6.79 Å². The number of carboxylic acids is 1. The highest BCUT2D eigenvalue weighted by atomic mass is 19.4. The van der Waals surface area contributed by atoms with Crippen LogP contribution in [0.25, 0.3) is 0 Å². The maximum Gasteiger partial charge on any atom is 0.422 e. The molecule has 0 atom stereocenters. The van der Waals surface area contributed by atoms with Crippen molar-refractivity contribution in [2.24, 2.45) is 0 Å². The lowest BCUT2D eigenvalue weighted by Gasteiger charge is -2.02. The monoisotopic (exact) mass is 170 g/mol. The zero-order valence-corrected chi connectivity index (χ0v) is 5.31. The number of halogens is 3. The lowest BCUT2D eigenvalue weighted by molar-refractivity contribution is -0.144. The Morgan fingerprint density at radius 1 is 1.27 bits per heavy atom. The van der Waals surface area contributed by atoms with Gasteiger partial charge in [-0.3, -0.25) is 0 Å². The van der Waals surface area contributed by atoms with Crippen molar-refractivity contribution < 1.29 is 27.9 Å². The van der Waals surface area contributed by atoms with Crippen LogP contribution in [0.15, 0.2) is 12.2 Å². The van der Waals surface area contributed by atoms with Crippen LogP contribution in [0.5, 0.6) is 0 Å². The largest absolute Gasteiger partial charge is 0.478 e. The highest BCUT2D eigenvalue weighted by molar-refractivity contribution is 5.87. The molecule has 11 heavy (non-hydrogen) atoms. The van der Waals surface area contributed by atoms with Gasteiger partial charge in [-0.05, 0) is 0 Å². The van der Waals surface area contributed by atoms with Crippen LogP contribution in [0.2, 0.25) is 0 Å². The molecule has 0 aromatic rings. The predicted molar refractivity (Wildman–Crippen MR) is 30.0 cm³/mol. The molecule has 0 aromatic carbocycles. The summed E-state index contributed by atoms with van der Waals surface area (Å²) in [5.74, 6) is -2.04. The van der Waals surface area contributed by atoms with E-state index in [0.717, 1.165) is 0 Å². The van der Waals surface area contributed by atoms with Gasteiger partial charge in [0, 0.05) is 0 Å². The Balaban J connectivity index is 0. The standard InChI is InChI=1S/C4H3F3O2.CH2O/c1-2(3(8)9)4(5,6)7;1-2/h1H2,(H,8,9);1H2. The summed E-state index contributed by atoms with van der Waals surface area (Å²) in [7, 11) is 0. The van der Waals surface area contributed by atoms with E-state index in [2.05, 4.69) is 6.58 Å². The first-order valence-corrected chi connectivity index (χ1v) is 2.14. The van der Waals surface area contributed by atoms with E-state index in [1.54, 1.807) is 0 Å². The fourth-order valence-corrected chi connectivity index (χ4v) is 0.121. The van der Waals surface area contributed by atoms with Crippen molar-refractivity contribution >= 4 is 12.8 Å². The minimum absolute atomic E-state index is 1.75. The van der Waals surface area contributed by atoms with Gasteiger partial charge in [0.25, 0.3) is 0 Å². The summed E-state index contributed by atoms with van der Waals surface area (Å²) in [6.45, 7) is 4.30. The van der Waals surface area contributed by atoms with Gasteiger partial charge < -0.3 is 9.90 Å². The van der Waals surface area contributed by atoms with E-state index in [9.17, 15) is 18.0 Å². The van der Waals surface area contributed by atoms with Crippen LogP contribution in [-0.2, 0) is 9.59 Å². The number of carboxylic acid groups (broad SMARTS) is 1. The first-order valence-electron chi connectivity index (χ1n) is 2.14. The van der Waals surface area contributed by atoms with E-state index >= 15 is 0 Å². The molecule has 0 aromatic heterocycles. The van der Waals surface area contributed by atoms with Crippen LogP contribution in [0, 0.1) is 0 Å². The number of rotatable bonds is 1. The van der Waals surface area contributed by atoms with Gasteiger partial charge >= 0.3 is 12.1 Å². The van der Waals surface area contributed by atoms with Crippen LogP contribution in [0.3, 0.4) is 0 Å². The van der Waals surface area contributed by atoms with Crippen molar-refractivity contribution in [3.8, 4) is 0 Å². The third kappa shape index (κ3) is 5.13. The molecule has 0 amide bonds. The molecule has 0 saturated carbocycles. The highest BCUT2D eigenvalue weighted by Gasteiger charge is 2.36. The molecule has 0 spiro atoms. The van der Waals surface area contributed by atoms with Gasteiger partial charge in [-0.1, -0.05) is 6.58 Å². The summed E-state index contributed by atoms with van der Waals surface area (Å²) in [6.07, 6.45) is -4.81. The van der Waals surface area contributed by atoms with Crippen molar-refractivity contribution in [3.05, 3.63) is 12.2 Å². The summed E-state index contributed by atoms with van der Waals surface area (Å²) in [5.41, 5.74) is -1.75. The Labute approximate surface area is 60.1 Å². The lowest BCUT2D eigenvalue weighted by Crippen LogP contribution is -2.18. The summed E-state index contributed by atoms with van der Waals surface area (Å²) < 4.78 is 33.7. The van der Waals surface area contributed by atoms with Crippen molar-refractivity contribution in [1.29, 1.82) is 0 Å². The molecule has 0 unspecified atom stereocenters. The lowest BCUT2D eigenvalue weighted by atomic mass is 10.3. The van der Waals surface area contributed by atoms with Crippen molar-refractivity contribution in [1.82, 2.24) is 0 Å². The molecular weight excluding hydrogens is 165 g/mol. The van der Waals surface area contributed by atoms with Gasteiger partial charge in [0.1, 0.15) is 12.4 Å². The predicted octanol–water partition coefficient (Wildman–Crippen LogP) is 1.00. The SMILES string of the molecule is C=C(C(=O)O)C(F)(F)F.C=O. The molecular formula is C5H5F3O3. The quantitative estimate of drug-likeness (QED) is 0.597.